The molecule has 0 aromatic heterocycles. The highest BCUT2D eigenvalue weighted by Crippen LogP contribution is 2.48. The molecule has 7 atom stereocenters. The second kappa shape index (κ2) is 13.0. The monoisotopic (exact) mass is 597 g/mol. The highest BCUT2D eigenvalue weighted by atomic mass is 79.9. The zero-order valence-corrected chi connectivity index (χ0v) is 24.0. The number of rotatable bonds is 11. The van der Waals surface area contributed by atoms with Gasteiger partial charge < -0.3 is 47.9 Å². The van der Waals surface area contributed by atoms with Gasteiger partial charge in [-0.05, 0) is 19.8 Å². The number of ether oxygens (including phenoxy) is 9. The molecule has 0 radical (unpaired) electrons. The van der Waals surface area contributed by atoms with Gasteiger partial charge >= 0.3 is 5.97 Å². The maximum absolute atomic E-state index is 13.2. The number of esters is 1. The van der Waals surface area contributed by atoms with Crippen LogP contribution in [0.3, 0.4) is 0 Å². The van der Waals surface area contributed by atoms with Crippen LogP contribution >= 0.6 is 15.9 Å². The maximum Gasteiger partial charge on any atom is 0.367 e. The van der Waals surface area contributed by atoms with Crippen molar-refractivity contribution in [3.8, 4) is 0 Å². The van der Waals surface area contributed by atoms with Gasteiger partial charge in [0.1, 0.15) is 42.3 Å². The number of nitrogens with one attached hydrogen (secondary N) is 1. The number of alkyl halides is 1. The summed E-state index contributed by atoms with van der Waals surface area (Å²) < 4.78 is 52.6. The van der Waals surface area contributed by atoms with E-state index in [4.69, 9.17) is 42.6 Å². The van der Waals surface area contributed by atoms with Crippen LogP contribution in [0.5, 0.6) is 0 Å². The molecule has 3 aliphatic rings. The Morgan fingerprint density at radius 3 is 2.32 bits per heavy atom. The van der Waals surface area contributed by atoms with E-state index in [0.717, 1.165) is 32.1 Å². The fourth-order valence-corrected chi connectivity index (χ4v) is 6.49. The predicted octanol–water partition coefficient (Wildman–Crippen LogP) is 1.61. The summed E-state index contributed by atoms with van der Waals surface area (Å²) in [5, 5.41) is 2.93. The lowest BCUT2D eigenvalue weighted by atomic mass is 9.78. The zero-order valence-electron chi connectivity index (χ0n) is 22.4. The van der Waals surface area contributed by atoms with Crippen LogP contribution in [0.25, 0.3) is 0 Å². The molecule has 0 aromatic rings. The standard InChI is InChI=1S/C24H40BrNO11/c1-15(27)26-19-17(33-13-29-3)18(25)24(32-6,21(28)31-5)37-22(19,2)20(34-14-30-4)16-12-35-23(36-16)10-8-7-9-11-23/h16-20H,7-14H2,1-6H3,(H,26,27)/t16-,17+,18+,19-,20-,22-,24-/m1/s1. The fraction of sp³-hybridized carbons (Fsp3) is 0.917. The van der Waals surface area contributed by atoms with Crippen LogP contribution in [0.1, 0.15) is 46.0 Å². The molecule has 3 fully saturated rings. The van der Waals surface area contributed by atoms with Crippen LogP contribution in [-0.2, 0) is 52.2 Å². The van der Waals surface area contributed by atoms with Gasteiger partial charge in [0.25, 0.3) is 5.79 Å². The lowest BCUT2D eigenvalue weighted by molar-refractivity contribution is -0.347. The van der Waals surface area contributed by atoms with Crippen LogP contribution in [0.15, 0.2) is 0 Å². The van der Waals surface area contributed by atoms with Crippen molar-refractivity contribution in [1.29, 1.82) is 0 Å². The number of carbonyl (C=O) groups excluding carboxylic acids is 2. The molecule has 0 aromatic carbocycles. The average molecular weight is 598 g/mol. The molecule has 1 aliphatic carbocycles. The summed E-state index contributed by atoms with van der Waals surface area (Å²) in [6, 6.07) is -0.856. The SMILES string of the molecule is COCO[C@@H]1[C@@H](NC(C)=O)[C@](C)([C@H](OCOC)[C@H]2COC3(CCCCC3)O2)O[C@@](OC)(C(=O)OC)[C@H]1Br. The summed E-state index contributed by atoms with van der Waals surface area (Å²) in [4.78, 5) is 24.7. The molecule has 1 saturated carbocycles. The number of halogens is 1. The van der Waals surface area contributed by atoms with Crippen LogP contribution < -0.4 is 5.32 Å². The van der Waals surface area contributed by atoms with E-state index < -0.39 is 52.3 Å². The summed E-state index contributed by atoms with van der Waals surface area (Å²) in [7, 11) is 5.52. The molecule has 1 spiro atoms. The zero-order chi connectivity index (χ0) is 27.3. The van der Waals surface area contributed by atoms with E-state index in [9.17, 15) is 9.59 Å². The van der Waals surface area contributed by atoms with E-state index in [1.54, 1.807) is 6.92 Å². The van der Waals surface area contributed by atoms with Crippen molar-refractivity contribution in [2.75, 3.05) is 48.6 Å². The largest absolute Gasteiger partial charge is 0.465 e. The first-order valence-electron chi connectivity index (χ1n) is 12.4. The van der Waals surface area contributed by atoms with Gasteiger partial charge in [-0.15, -0.1) is 0 Å². The molecule has 3 rings (SSSR count). The van der Waals surface area contributed by atoms with E-state index in [2.05, 4.69) is 21.2 Å². The summed E-state index contributed by atoms with van der Waals surface area (Å²) in [6.07, 6.45) is 2.24. The van der Waals surface area contributed by atoms with Crippen LogP contribution in [-0.4, -0.2) is 107 Å². The van der Waals surface area contributed by atoms with Gasteiger partial charge in [0.15, 0.2) is 5.79 Å². The highest BCUT2D eigenvalue weighted by molar-refractivity contribution is 9.09. The molecule has 0 bridgehead atoms. The third-order valence-electron chi connectivity index (χ3n) is 7.24. The average Bonchev–Trinajstić information content (AvgIpc) is 3.28. The topological polar surface area (TPSA) is 129 Å². The van der Waals surface area contributed by atoms with Crippen molar-refractivity contribution in [2.45, 2.75) is 92.3 Å². The van der Waals surface area contributed by atoms with Gasteiger partial charge in [0, 0.05) is 41.1 Å². The minimum Gasteiger partial charge on any atom is -0.465 e. The van der Waals surface area contributed by atoms with E-state index in [1.807, 2.05) is 0 Å². The Morgan fingerprint density at radius 2 is 1.76 bits per heavy atom. The second-order valence-corrected chi connectivity index (χ2v) is 10.7. The maximum atomic E-state index is 13.2. The van der Waals surface area contributed by atoms with Gasteiger partial charge in [-0.1, -0.05) is 22.4 Å². The van der Waals surface area contributed by atoms with Gasteiger partial charge in [-0.3, -0.25) is 4.79 Å². The first-order chi connectivity index (χ1) is 17.6. The van der Waals surface area contributed by atoms with Crippen molar-refractivity contribution >= 4 is 27.8 Å². The molecule has 2 aliphatic heterocycles. The smallest absolute Gasteiger partial charge is 0.367 e. The summed E-state index contributed by atoms with van der Waals surface area (Å²) >= 11 is 3.53. The van der Waals surface area contributed by atoms with E-state index in [1.165, 1.54) is 35.4 Å². The molecule has 2 saturated heterocycles. The Bertz CT molecular complexity index is 782. The highest BCUT2D eigenvalue weighted by Gasteiger charge is 2.68. The third kappa shape index (κ3) is 6.15. The van der Waals surface area contributed by atoms with Crippen LogP contribution in [0.4, 0.5) is 0 Å². The summed E-state index contributed by atoms with van der Waals surface area (Å²) in [5.41, 5.74) is -1.47. The molecule has 37 heavy (non-hydrogen) atoms. The molecule has 214 valence electrons. The van der Waals surface area contributed by atoms with E-state index >= 15 is 0 Å². The summed E-state index contributed by atoms with van der Waals surface area (Å²) in [6.45, 7) is 3.08. The third-order valence-corrected chi connectivity index (χ3v) is 8.36. The van der Waals surface area contributed by atoms with E-state index in [-0.39, 0.29) is 26.1 Å². The predicted molar refractivity (Wildman–Crippen MR) is 132 cm³/mol. The Kier molecular flexibility index (Phi) is 10.7. The molecular formula is C24H40BrNO11. The Morgan fingerprint density at radius 1 is 1.08 bits per heavy atom. The number of hydrogen-bond donors (Lipinski definition) is 1. The quantitative estimate of drug-likeness (QED) is 0.212. The molecular weight excluding hydrogens is 558 g/mol. The van der Waals surface area contributed by atoms with Crippen LogP contribution in [0.2, 0.25) is 0 Å². The van der Waals surface area contributed by atoms with Gasteiger partial charge in [-0.25, -0.2) is 4.79 Å². The number of hydrogen-bond acceptors (Lipinski definition) is 11. The minimum atomic E-state index is -1.96. The Labute approximate surface area is 226 Å². The number of carbonyl (C=O) groups is 2. The first kappa shape index (κ1) is 30.6. The normalized spacial score (nSPS) is 36.3. The second-order valence-electron chi connectivity index (χ2n) is 9.70. The molecule has 0 unspecified atom stereocenters. The number of amides is 1. The van der Waals surface area contributed by atoms with Crippen molar-refractivity contribution in [1.82, 2.24) is 5.32 Å². The Balaban J connectivity index is 2.10. The van der Waals surface area contributed by atoms with Crippen molar-refractivity contribution < 1.29 is 52.2 Å². The van der Waals surface area contributed by atoms with Crippen LogP contribution in [0, 0.1) is 0 Å². The van der Waals surface area contributed by atoms with Gasteiger partial charge in [-0.2, -0.15) is 0 Å². The van der Waals surface area contributed by atoms with Gasteiger partial charge in [0.2, 0.25) is 5.91 Å². The molecule has 12 nitrogen and oxygen atoms in total. The van der Waals surface area contributed by atoms with Crippen molar-refractivity contribution in [2.24, 2.45) is 0 Å². The molecule has 1 amide bonds. The Hall–Kier alpha value is -0.900. The first-order valence-corrected chi connectivity index (χ1v) is 13.3. The molecule has 2 heterocycles. The van der Waals surface area contributed by atoms with E-state index in [0.29, 0.717) is 0 Å². The van der Waals surface area contributed by atoms with Crippen molar-refractivity contribution in [3.05, 3.63) is 0 Å². The van der Waals surface area contributed by atoms with Crippen molar-refractivity contribution in [3.63, 3.8) is 0 Å². The summed E-state index contributed by atoms with van der Waals surface area (Å²) in [5.74, 6) is -3.82. The lowest BCUT2D eigenvalue weighted by Gasteiger charge is -2.56. The minimum absolute atomic E-state index is 0.108. The lowest BCUT2D eigenvalue weighted by Crippen LogP contribution is -2.78. The molecule has 1 N–H and O–H groups in total. The fourth-order valence-electron chi connectivity index (χ4n) is 5.56. The molecule has 13 heteroatoms. The van der Waals surface area contributed by atoms with Gasteiger partial charge in [0.05, 0.1) is 19.8 Å². The number of methoxy groups -OCH3 is 4.